The highest BCUT2D eigenvalue weighted by atomic mass is 32.2. The zero-order valence-electron chi connectivity index (χ0n) is 12.4. The molecule has 2 nitrogen and oxygen atoms in total. The van der Waals surface area contributed by atoms with Crippen LogP contribution < -0.4 is 11.3 Å². The molecule has 0 bridgehead atoms. The summed E-state index contributed by atoms with van der Waals surface area (Å²) in [5.74, 6) is 6.22. The van der Waals surface area contributed by atoms with Crippen molar-refractivity contribution in [2.75, 3.05) is 5.75 Å². The normalized spacial score (nSPS) is 12.4. The van der Waals surface area contributed by atoms with E-state index in [1.165, 1.54) is 34.5 Å². The van der Waals surface area contributed by atoms with Gasteiger partial charge in [-0.05, 0) is 49.1 Å². The van der Waals surface area contributed by atoms with Crippen molar-refractivity contribution in [2.45, 2.75) is 31.2 Å². The minimum atomic E-state index is -0.176. The number of halogens is 1. The van der Waals surface area contributed by atoms with Gasteiger partial charge in [0.25, 0.3) is 0 Å². The standard InChI is InChI=1S/C17H21FN2S/c1-12-6-5-7-13(2)15(12)10-14(20-19)11-21-17-9-4-3-8-16(17)18/h3-9,14,20H,10-11,19H2,1-2H3. The zero-order valence-corrected chi connectivity index (χ0v) is 13.2. The van der Waals surface area contributed by atoms with E-state index in [0.717, 1.165) is 12.2 Å². The lowest BCUT2D eigenvalue weighted by Gasteiger charge is -2.18. The largest absolute Gasteiger partial charge is 0.271 e. The van der Waals surface area contributed by atoms with Crippen LogP contribution in [-0.2, 0) is 6.42 Å². The maximum absolute atomic E-state index is 13.6. The molecule has 0 heterocycles. The third kappa shape index (κ3) is 4.30. The maximum atomic E-state index is 13.6. The van der Waals surface area contributed by atoms with E-state index < -0.39 is 0 Å². The van der Waals surface area contributed by atoms with Crippen molar-refractivity contribution in [1.82, 2.24) is 5.43 Å². The van der Waals surface area contributed by atoms with Crippen molar-refractivity contribution in [1.29, 1.82) is 0 Å². The first-order valence-corrected chi connectivity index (χ1v) is 7.99. The number of nitrogens with one attached hydrogen (secondary N) is 1. The molecule has 0 aromatic heterocycles. The Labute approximate surface area is 129 Å². The van der Waals surface area contributed by atoms with Gasteiger partial charge in [0, 0.05) is 16.7 Å². The van der Waals surface area contributed by atoms with Gasteiger partial charge in [0.05, 0.1) is 0 Å². The third-order valence-electron chi connectivity index (χ3n) is 3.61. The second-order valence-corrected chi connectivity index (χ2v) is 6.24. The van der Waals surface area contributed by atoms with E-state index in [1.54, 1.807) is 12.1 Å². The van der Waals surface area contributed by atoms with Crippen LogP contribution in [0.2, 0.25) is 0 Å². The number of rotatable bonds is 6. The van der Waals surface area contributed by atoms with E-state index in [2.05, 4.69) is 37.5 Å². The summed E-state index contributed by atoms with van der Waals surface area (Å²) in [5, 5.41) is 0. The number of aryl methyl sites for hydroxylation is 2. The van der Waals surface area contributed by atoms with E-state index in [-0.39, 0.29) is 11.9 Å². The van der Waals surface area contributed by atoms with E-state index >= 15 is 0 Å². The summed E-state index contributed by atoms with van der Waals surface area (Å²) in [7, 11) is 0. The molecule has 0 amide bonds. The van der Waals surface area contributed by atoms with E-state index in [1.807, 2.05) is 6.07 Å². The minimum absolute atomic E-state index is 0.106. The molecule has 112 valence electrons. The lowest BCUT2D eigenvalue weighted by molar-refractivity contribution is 0.571. The van der Waals surface area contributed by atoms with Gasteiger partial charge >= 0.3 is 0 Å². The predicted octanol–water partition coefficient (Wildman–Crippen LogP) is 3.61. The molecule has 0 fully saturated rings. The molecule has 0 aliphatic heterocycles. The average molecular weight is 304 g/mol. The van der Waals surface area contributed by atoms with Crippen LogP contribution in [0.3, 0.4) is 0 Å². The highest BCUT2D eigenvalue weighted by Crippen LogP contribution is 2.23. The van der Waals surface area contributed by atoms with Gasteiger partial charge in [0.2, 0.25) is 0 Å². The van der Waals surface area contributed by atoms with E-state index in [0.29, 0.717) is 4.90 Å². The Kier molecular flexibility index (Phi) is 5.79. The second-order valence-electron chi connectivity index (χ2n) is 5.18. The highest BCUT2D eigenvalue weighted by Gasteiger charge is 2.13. The SMILES string of the molecule is Cc1cccc(C)c1CC(CSc1ccccc1F)NN. The fourth-order valence-electron chi connectivity index (χ4n) is 2.34. The lowest BCUT2D eigenvalue weighted by atomic mass is 9.97. The Morgan fingerprint density at radius 2 is 1.76 bits per heavy atom. The van der Waals surface area contributed by atoms with Crippen molar-refractivity contribution in [3.05, 3.63) is 65.0 Å². The quantitative estimate of drug-likeness (QED) is 0.486. The Hall–Kier alpha value is -1.36. The Bertz CT molecular complexity index is 581. The number of benzene rings is 2. The number of nitrogens with two attached hydrogens (primary N) is 1. The highest BCUT2D eigenvalue weighted by molar-refractivity contribution is 7.99. The first-order chi connectivity index (χ1) is 10.1. The molecule has 3 N–H and O–H groups in total. The molecule has 0 saturated heterocycles. The van der Waals surface area contributed by atoms with Crippen molar-refractivity contribution in [2.24, 2.45) is 5.84 Å². The molecule has 2 aromatic rings. The molecule has 2 rings (SSSR count). The Balaban J connectivity index is 2.02. The van der Waals surface area contributed by atoms with Gasteiger partial charge < -0.3 is 0 Å². The first-order valence-electron chi connectivity index (χ1n) is 7.00. The Morgan fingerprint density at radius 3 is 2.38 bits per heavy atom. The summed E-state index contributed by atoms with van der Waals surface area (Å²) in [6.45, 7) is 4.22. The molecule has 1 atom stereocenters. The fourth-order valence-corrected chi connectivity index (χ4v) is 3.31. The maximum Gasteiger partial charge on any atom is 0.136 e. The molecule has 21 heavy (non-hydrogen) atoms. The van der Waals surface area contributed by atoms with Crippen LogP contribution in [0.1, 0.15) is 16.7 Å². The van der Waals surface area contributed by atoms with Crippen LogP contribution in [0.15, 0.2) is 47.4 Å². The van der Waals surface area contributed by atoms with Crippen molar-refractivity contribution >= 4 is 11.8 Å². The molecule has 0 aliphatic rings. The van der Waals surface area contributed by atoms with Crippen LogP contribution in [0.5, 0.6) is 0 Å². The summed E-state index contributed by atoms with van der Waals surface area (Å²) in [4.78, 5) is 0.666. The number of hydrogen-bond acceptors (Lipinski definition) is 3. The summed E-state index contributed by atoms with van der Waals surface area (Å²) in [5.41, 5.74) is 6.70. The average Bonchev–Trinajstić information content (AvgIpc) is 2.48. The monoisotopic (exact) mass is 304 g/mol. The fraction of sp³-hybridized carbons (Fsp3) is 0.294. The van der Waals surface area contributed by atoms with Crippen molar-refractivity contribution in [3.63, 3.8) is 0 Å². The number of hydrazine groups is 1. The molecule has 0 radical (unpaired) electrons. The molecule has 1 unspecified atom stereocenters. The van der Waals surface area contributed by atoms with Gasteiger partial charge in [-0.25, -0.2) is 4.39 Å². The van der Waals surface area contributed by atoms with Gasteiger partial charge in [-0.2, -0.15) is 0 Å². The lowest BCUT2D eigenvalue weighted by Crippen LogP contribution is -2.39. The smallest absolute Gasteiger partial charge is 0.136 e. The summed E-state index contributed by atoms with van der Waals surface area (Å²) >= 11 is 1.49. The minimum Gasteiger partial charge on any atom is -0.271 e. The molecule has 0 spiro atoms. The van der Waals surface area contributed by atoms with Crippen molar-refractivity contribution in [3.8, 4) is 0 Å². The Morgan fingerprint density at radius 1 is 1.10 bits per heavy atom. The first kappa shape index (κ1) is 16.0. The molecular weight excluding hydrogens is 283 g/mol. The van der Waals surface area contributed by atoms with Gasteiger partial charge in [-0.15, -0.1) is 11.8 Å². The van der Waals surface area contributed by atoms with Gasteiger partial charge in [0.15, 0.2) is 0 Å². The van der Waals surface area contributed by atoms with Gasteiger partial charge in [-0.3, -0.25) is 11.3 Å². The third-order valence-corrected chi connectivity index (χ3v) is 4.82. The van der Waals surface area contributed by atoms with Crippen LogP contribution in [-0.4, -0.2) is 11.8 Å². The van der Waals surface area contributed by atoms with Crippen LogP contribution in [0.25, 0.3) is 0 Å². The van der Waals surface area contributed by atoms with Crippen LogP contribution in [0.4, 0.5) is 4.39 Å². The van der Waals surface area contributed by atoms with E-state index in [4.69, 9.17) is 5.84 Å². The summed E-state index contributed by atoms with van der Waals surface area (Å²) in [6.07, 6.45) is 0.844. The van der Waals surface area contributed by atoms with Crippen LogP contribution in [0, 0.1) is 19.7 Å². The van der Waals surface area contributed by atoms with Gasteiger partial charge in [0.1, 0.15) is 5.82 Å². The number of thioether (sulfide) groups is 1. The van der Waals surface area contributed by atoms with E-state index in [9.17, 15) is 4.39 Å². The molecule has 0 saturated carbocycles. The topological polar surface area (TPSA) is 38.0 Å². The molecule has 0 aliphatic carbocycles. The summed E-state index contributed by atoms with van der Waals surface area (Å²) in [6, 6.07) is 13.2. The molecular formula is C17H21FN2S. The molecule has 4 heteroatoms. The zero-order chi connectivity index (χ0) is 15.2. The number of hydrogen-bond donors (Lipinski definition) is 2. The summed E-state index contributed by atoms with van der Waals surface area (Å²) < 4.78 is 13.6. The second kappa shape index (κ2) is 7.59. The van der Waals surface area contributed by atoms with Crippen LogP contribution >= 0.6 is 11.8 Å². The molecule has 2 aromatic carbocycles. The predicted molar refractivity (Wildman–Crippen MR) is 87.9 cm³/mol. The van der Waals surface area contributed by atoms with Crippen molar-refractivity contribution < 1.29 is 4.39 Å². The van der Waals surface area contributed by atoms with Gasteiger partial charge in [-0.1, -0.05) is 30.3 Å².